The lowest BCUT2D eigenvalue weighted by Crippen LogP contribution is -2.55. The molecule has 2 aromatic carbocycles. The number of pyridine rings is 1. The van der Waals surface area contributed by atoms with E-state index in [4.69, 9.17) is 20.8 Å². The van der Waals surface area contributed by atoms with E-state index in [1.54, 1.807) is 29.3 Å². The van der Waals surface area contributed by atoms with Gasteiger partial charge >= 0.3 is 6.09 Å². The molecule has 3 heterocycles. The highest BCUT2D eigenvalue weighted by molar-refractivity contribution is 6.35. The van der Waals surface area contributed by atoms with Crippen molar-refractivity contribution in [3.8, 4) is 11.1 Å². The summed E-state index contributed by atoms with van der Waals surface area (Å²) in [6, 6.07) is 15.2. The predicted octanol–water partition coefficient (Wildman–Crippen LogP) is 6.11. The van der Waals surface area contributed by atoms with Crippen LogP contribution in [0.3, 0.4) is 0 Å². The molecular weight excluding hydrogens is 478 g/mol. The number of aromatic nitrogens is 1. The van der Waals surface area contributed by atoms with E-state index in [9.17, 15) is 9.59 Å². The Balaban J connectivity index is 1.41. The van der Waals surface area contributed by atoms with Gasteiger partial charge in [0.15, 0.2) is 11.1 Å². The second-order valence-electron chi connectivity index (χ2n) is 10.1. The molecule has 5 rings (SSSR count). The first kappa shape index (κ1) is 24.1. The van der Waals surface area contributed by atoms with E-state index in [0.29, 0.717) is 41.2 Å². The summed E-state index contributed by atoms with van der Waals surface area (Å²) < 4.78 is 11.7. The van der Waals surface area contributed by atoms with Crippen LogP contribution in [-0.4, -0.2) is 47.3 Å². The van der Waals surface area contributed by atoms with Crippen molar-refractivity contribution in [3.63, 3.8) is 0 Å². The maximum absolute atomic E-state index is 13.1. The van der Waals surface area contributed by atoms with Crippen molar-refractivity contribution in [2.45, 2.75) is 39.3 Å². The van der Waals surface area contributed by atoms with Crippen LogP contribution in [-0.2, 0) is 4.74 Å². The summed E-state index contributed by atoms with van der Waals surface area (Å²) in [5, 5.41) is 0.687. The Kier molecular flexibility index (Phi) is 6.12. The van der Waals surface area contributed by atoms with Crippen LogP contribution in [0.25, 0.3) is 33.2 Å². The average Bonchev–Trinajstić information content (AvgIpc) is 2.83. The summed E-state index contributed by atoms with van der Waals surface area (Å²) in [6.45, 7) is 9.67. The number of halogens is 1. The SMILES string of the molecule is C[C@H]1CN(c2ccc(-c3ccnc4c(=O)c5c(Cl)cccc5oc34)cc2)CCN1C(=O)OC(C)(C)C. The van der Waals surface area contributed by atoms with E-state index in [2.05, 4.69) is 9.88 Å². The van der Waals surface area contributed by atoms with Gasteiger partial charge in [-0.15, -0.1) is 0 Å². The van der Waals surface area contributed by atoms with E-state index in [1.165, 1.54) is 0 Å². The zero-order valence-electron chi connectivity index (χ0n) is 20.7. The number of carbonyl (C=O) groups excluding carboxylic acids is 1. The average molecular weight is 506 g/mol. The van der Waals surface area contributed by atoms with Crippen molar-refractivity contribution in [1.82, 2.24) is 9.88 Å². The molecule has 186 valence electrons. The third kappa shape index (κ3) is 4.51. The van der Waals surface area contributed by atoms with Gasteiger partial charge in [-0.2, -0.15) is 0 Å². The van der Waals surface area contributed by atoms with Crippen molar-refractivity contribution in [2.75, 3.05) is 24.5 Å². The van der Waals surface area contributed by atoms with Crippen molar-refractivity contribution in [2.24, 2.45) is 0 Å². The zero-order chi connectivity index (χ0) is 25.6. The lowest BCUT2D eigenvalue weighted by atomic mass is 10.0. The van der Waals surface area contributed by atoms with Crippen molar-refractivity contribution >= 4 is 45.5 Å². The minimum absolute atomic E-state index is 0.0202. The fourth-order valence-electron chi connectivity index (χ4n) is 4.61. The molecule has 0 bridgehead atoms. The quantitative estimate of drug-likeness (QED) is 0.306. The Bertz CT molecular complexity index is 1510. The molecule has 0 aliphatic carbocycles. The van der Waals surface area contributed by atoms with Crippen molar-refractivity contribution in [3.05, 3.63) is 70.0 Å². The molecule has 0 spiro atoms. The topological polar surface area (TPSA) is 75.9 Å². The molecule has 1 fully saturated rings. The fourth-order valence-corrected chi connectivity index (χ4v) is 4.87. The van der Waals surface area contributed by atoms with Gasteiger partial charge in [0.05, 0.1) is 10.4 Å². The van der Waals surface area contributed by atoms with Crippen LogP contribution in [0.5, 0.6) is 0 Å². The van der Waals surface area contributed by atoms with Crippen LogP contribution in [0.4, 0.5) is 10.5 Å². The number of amides is 1. The predicted molar refractivity (Wildman–Crippen MR) is 143 cm³/mol. The molecule has 8 heteroatoms. The first-order valence-corrected chi connectivity index (χ1v) is 12.4. The van der Waals surface area contributed by atoms with Crippen LogP contribution in [0.2, 0.25) is 5.02 Å². The summed E-state index contributed by atoms with van der Waals surface area (Å²) in [5.74, 6) is 0. The Labute approximate surface area is 214 Å². The van der Waals surface area contributed by atoms with Crippen molar-refractivity contribution in [1.29, 1.82) is 0 Å². The summed E-state index contributed by atoms with van der Waals surface area (Å²) in [4.78, 5) is 34.0. The minimum atomic E-state index is -0.515. The Morgan fingerprint density at radius 3 is 2.56 bits per heavy atom. The number of hydrogen-bond donors (Lipinski definition) is 0. The molecule has 36 heavy (non-hydrogen) atoms. The number of rotatable bonds is 2. The first-order valence-electron chi connectivity index (χ1n) is 12.0. The lowest BCUT2D eigenvalue weighted by molar-refractivity contribution is 0.0159. The highest BCUT2D eigenvalue weighted by Gasteiger charge is 2.31. The second-order valence-corrected chi connectivity index (χ2v) is 10.5. The number of benzene rings is 2. The molecule has 1 aliphatic rings. The molecule has 1 saturated heterocycles. The molecule has 4 aromatic rings. The standard InChI is InChI=1S/C28H28ClN3O4/c1-17-16-31(14-15-32(17)27(34)36-28(2,3)4)19-10-8-18(9-11-19)20-12-13-30-24-25(33)23-21(29)6-5-7-22(23)35-26(20)24/h5-13,17H,14-16H2,1-4H3/t17-/m0/s1. The number of anilines is 1. The van der Waals surface area contributed by atoms with Gasteiger partial charge in [0.2, 0.25) is 5.43 Å². The first-order chi connectivity index (χ1) is 17.1. The molecular formula is C28H28ClN3O4. The van der Waals surface area contributed by atoms with Gasteiger partial charge in [0, 0.05) is 43.1 Å². The molecule has 7 nitrogen and oxygen atoms in total. The van der Waals surface area contributed by atoms with Gasteiger partial charge in [-0.05, 0) is 63.6 Å². The lowest BCUT2D eigenvalue weighted by Gasteiger charge is -2.41. The van der Waals surface area contributed by atoms with E-state index < -0.39 is 5.60 Å². The van der Waals surface area contributed by atoms with Crippen LogP contribution < -0.4 is 10.3 Å². The number of nitrogens with zero attached hydrogens (tertiary/aromatic N) is 3. The highest BCUT2D eigenvalue weighted by Crippen LogP contribution is 2.32. The Morgan fingerprint density at radius 1 is 1.11 bits per heavy atom. The van der Waals surface area contributed by atoms with Gasteiger partial charge in [-0.1, -0.05) is 29.8 Å². The number of ether oxygens (including phenoxy) is 1. The summed E-state index contributed by atoms with van der Waals surface area (Å²) in [5.41, 5.74) is 3.12. The number of fused-ring (bicyclic) bond motifs is 2. The van der Waals surface area contributed by atoms with Crippen LogP contribution >= 0.6 is 11.6 Å². The zero-order valence-corrected chi connectivity index (χ0v) is 21.5. The molecule has 0 N–H and O–H groups in total. The van der Waals surface area contributed by atoms with Gasteiger partial charge < -0.3 is 19.0 Å². The minimum Gasteiger partial charge on any atom is -0.453 e. The second kappa shape index (κ2) is 9.13. The monoisotopic (exact) mass is 505 g/mol. The van der Waals surface area contributed by atoms with E-state index in [1.807, 2.05) is 58.0 Å². The Hall–Kier alpha value is -3.58. The van der Waals surface area contributed by atoms with Gasteiger partial charge in [-0.3, -0.25) is 4.79 Å². The van der Waals surface area contributed by atoms with E-state index >= 15 is 0 Å². The van der Waals surface area contributed by atoms with E-state index in [-0.39, 0.29) is 23.1 Å². The number of hydrogen-bond acceptors (Lipinski definition) is 6. The molecule has 1 atom stereocenters. The van der Waals surface area contributed by atoms with Gasteiger partial charge in [0.25, 0.3) is 0 Å². The summed E-state index contributed by atoms with van der Waals surface area (Å²) in [7, 11) is 0. The number of carbonyl (C=O) groups is 1. The molecule has 1 aliphatic heterocycles. The summed E-state index contributed by atoms with van der Waals surface area (Å²) in [6.07, 6.45) is 1.34. The normalized spacial score (nSPS) is 16.5. The molecule has 0 unspecified atom stereocenters. The Morgan fingerprint density at radius 2 is 1.86 bits per heavy atom. The molecule has 2 aromatic heterocycles. The summed E-state index contributed by atoms with van der Waals surface area (Å²) >= 11 is 6.25. The third-order valence-corrected chi connectivity index (χ3v) is 6.65. The van der Waals surface area contributed by atoms with Crippen LogP contribution in [0.15, 0.2) is 63.9 Å². The third-order valence-electron chi connectivity index (χ3n) is 6.33. The number of piperazine rings is 1. The molecule has 0 saturated carbocycles. The van der Waals surface area contributed by atoms with Crippen LogP contribution in [0.1, 0.15) is 27.7 Å². The smallest absolute Gasteiger partial charge is 0.410 e. The van der Waals surface area contributed by atoms with Crippen molar-refractivity contribution < 1.29 is 13.9 Å². The maximum atomic E-state index is 13.1. The largest absolute Gasteiger partial charge is 0.453 e. The molecule has 1 amide bonds. The van der Waals surface area contributed by atoms with Gasteiger partial charge in [0.1, 0.15) is 11.2 Å². The van der Waals surface area contributed by atoms with Crippen LogP contribution in [0, 0.1) is 0 Å². The molecule has 0 radical (unpaired) electrons. The van der Waals surface area contributed by atoms with E-state index in [0.717, 1.165) is 16.8 Å². The highest BCUT2D eigenvalue weighted by atomic mass is 35.5. The maximum Gasteiger partial charge on any atom is 0.410 e. The fraction of sp³-hybridized carbons (Fsp3) is 0.321. The van der Waals surface area contributed by atoms with Gasteiger partial charge in [-0.25, -0.2) is 9.78 Å².